The van der Waals surface area contributed by atoms with Crippen molar-refractivity contribution in [3.05, 3.63) is 57.8 Å². The Bertz CT molecular complexity index is 1520. The van der Waals surface area contributed by atoms with E-state index in [0.717, 1.165) is 63.4 Å². The third kappa shape index (κ3) is 48.0. The number of carbonyl (C=O) groups excluding carboxylic acids is 6. The number of anilines is 2. The summed E-state index contributed by atoms with van der Waals surface area (Å²) in [5, 5.41) is 56.2. The second-order valence-electron chi connectivity index (χ2n) is 8.69. The van der Waals surface area contributed by atoms with Crippen LogP contribution >= 0.6 is 23.2 Å². The third-order valence-electron chi connectivity index (χ3n) is 3.74. The van der Waals surface area contributed by atoms with Crippen LogP contribution in [0.2, 0.25) is 10.3 Å². The van der Waals surface area contributed by atoms with Crippen LogP contribution in [0.5, 0.6) is 0 Å². The van der Waals surface area contributed by atoms with Gasteiger partial charge in [0.25, 0.3) is 0 Å². The molecule has 4 heterocycles. The minimum absolute atomic E-state index is 0. The predicted molar refractivity (Wildman–Crippen MR) is 171 cm³/mol. The molecule has 0 spiro atoms. The number of nitrogens with zero attached hydrogens (tertiary/aromatic N) is 4. The molecular formula is C30H34Cl2N6O12Zn3. The first-order valence-electron chi connectivity index (χ1n) is 13.2. The Morgan fingerprint density at radius 3 is 0.849 bits per heavy atom. The molecule has 4 aromatic heterocycles. The van der Waals surface area contributed by atoms with E-state index in [1.54, 1.807) is 12.1 Å². The number of fused-ring (bicyclic) bond motifs is 2. The molecule has 276 valence electrons. The van der Waals surface area contributed by atoms with Crippen molar-refractivity contribution in [1.29, 1.82) is 0 Å². The van der Waals surface area contributed by atoms with Crippen LogP contribution in [0, 0.1) is 13.8 Å². The van der Waals surface area contributed by atoms with Crippen LogP contribution in [0.15, 0.2) is 36.4 Å². The van der Waals surface area contributed by atoms with Crippen LogP contribution in [-0.4, -0.2) is 55.8 Å². The standard InChI is InChI=1S/2C9H8ClN3.6C2H4O2.3Zn/c2*1-5-4-7(10)12-9-6(5)2-3-8(11)13-9;6*1-2(3)4;;;/h2*2-4H,1H3,(H2,11,12,13);6*1H3,(H,3,4);;;/q;;;;;;;;3*+2/p-6. The van der Waals surface area contributed by atoms with Gasteiger partial charge in [-0.05, 0) is 103 Å². The molecule has 0 radical (unpaired) electrons. The zero-order valence-corrected chi connectivity index (χ0v) is 40.6. The number of aryl methyl sites for hydroxylation is 2. The van der Waals surface area contributed by atoms with Gasteiger partial charge in [-0.15, -0.1) is 0 Å². The summed E-state index contributed by atoms with van der Waals surface area (Å²) in [6.45, 7) is 9.77. The Balaban J connectivity index is -0.0000000982. The number of nitrogen functional groups attached to an aromatic ring is 2. The molecule has 0 unspecified atom stereocenters. The molecule has 4 N–H and O–H groups in total. The summed E-state index contributed by atoms with van der Waals surface area (Å²) in [6.07, 6.45) is 0. The number of hydrogen-bond acceptors (Lipinski definition) is 18. The SMILES string of the molecule is CC(=O)[O-].CC(=O)[O-].CC(=O)[O-].CC(=O)[O-].CC(=O)[O-].CC(=O)[O-].Cc1cc(Cl)nc2nc(N)ccc12.Cc1cc(Cl)nc2nc(N)ccc12.[Zn+2].[Zn+2].[Zn+2]. The minimum Gasteiger partial charge on any atom is -0.550 e. The van der Waals surface area contributed by atoms with Crippen LogP contribution in [-0.2, 0) is 87.2 Å². The van der Waals surface area contributed by atoms with E-state index in [9.17, 15) is 0 Å². The smallest absolute Gasteiger partial charge is 0.550 e. The molecule has 23 heteroatoms. The monoisotopic (exact) mass is 932 g/mol. The van der Waals surface area contributed by atoms with Gasteiger partial charge < -0.3 is 70.9 Å². The van der Waals surface area contributed by atoms with Crippen molar-refractivity contribution < 1.29 is 118 Å². The van der Waals surface area contributed by atoms with E-state index in [4.69, 9.17) is 94.1 Å². The number of aromatic nitrogens is 4. The molecule has 0 aliphatic heterocycles. The zero-order valence-electron chi connectivity index (χ0n) is 30.2. The first-order chi connectivity index (χ1) is 22.7. The fourth-order valence-electron chi connectivity index (χ4n) is 2.49. The van der Waals surface area contributed by atoms with E-state index < -0.39 is 35.8 Å². The van der Waals surface area contributed by atoms with Gasteiger partial charge in [-0.1, -0.05) is 23.2 Å². The number of halogens is 2. The maximum atomic E-state index is 8.89. The van der Waals surface area contributed by atoms with Gasteiger partial charge in [0.05, 0.1) is 0 Å². The number of nitrogens with two attached hydrogens (primary N) is 2. The Kier molecular flexibility index (Phi) is 43.9. The van der Waals surface area contributed by atoms with Gasteiger partial charge in [-0.2, -0.15) is 0 Å². The second-order valence-corrected chi connectivity index (χ2v) is 9.46. The number of rotatable bonds is 0. The van der Waals surface area contributed by atoms with Crippen molar-refractivity contribution in [2.75, 3.05) is 11.5 Å². The summed E-state index contributed by atoms with van der Waals surface area (Å²) in [7, 11) is 0. The average Bonchev–Trinajstić information content (AvgIpc) is 2.86. The largest absolute Gasteiger partial charge is 2.00 e. The maximum absolute atomic E-state index is 8.89. The summed E-state index contributed by atoms with van der Waals surface area (Å²) in [4.78, 5) is 69.6. The Hall–Kier alpha value is -4.01. The van der Waals surface area contributed by atoms with Crippen molar-refractivity contribution in [3.8, 4) is 0 Å². The first-order valence-corrected chi connectivity index (χ1v) is 13.9. The van der Waals surface area contributed by atoms with E-state index in [1.807, 2.05) is 38.1 Å². The number of carbonyl (C=O) groups is 6. The van der Waals surface area contributed by atoms with Gasteiger partial charge in [0.1, 0.15) is 21.9 Å². The van der Waals surface area contributed by atoms with E-state index >= 15 is 0 Å². The molecule has 18 nitrogen and oxygen atoms in total. The van der Waals surface area contributed by atoms with Crippen molar-refractivity contribution in [1.82, 2.24) is 19.9 Å². The molecule has 0 amide bonds. The van der Waals surface area contributed by atoms with Crippen LogP contribution in [0.3, 0.4) is 0 Å². The minimum atomic E-state index is -1.08. The van der Waals surface area contributed by atoms with Gasteiger partial charge in [0, 0.05) is 46.6 Å². The van der Waals surface area contributed by atoms with Gasteiger partial charge >= 0.3 is 58.4 Å². The molecule has 0 saturated carbocycles. The fraction of sp³-hybridized carbons (Fsp3) is 0.267. The summed E-state index contributed by atoms with van der Waals surface area (Å²) in [6, 6.07) is 10.9. The van der Waals surface area contributed by atoms with Gasteiger partial charge in [-0.25, -0.2) is 19.9 Å². The third-order valence-corrected chi connectivity index (χ3v) is 4.13. The Labute approximate surface area is 353 Å². The molecule has 4 rings (SSSR count). The van der Waals surface area contributed by atoms with Crippen LogP contribution < -0.4 is 42.1 Å². The molecule has 0 aliphatic rings. The van der Waals surface area contributed by atoms with Crippen molar-refractivity contribution in [3.63, 3.8) is 0 Å². The van der Waals surface area contributed by atoms with Crippen LogP contribution in [0.4, 0.5) is 11.6 Å². The van der Waals surface area contributed by atoms with Crippen LogP contribution in [0.1, 0.15) is 52.7 Å². The summed E-state index contributed by atoms with van der Waals surface area (Å²) < 4.78 is 0. The molecule has 0 saturated heterocycles. The quantitative estimate of drug-likeness (QED) is 0.130. The van der Waals surface area contributed by atoms with E-state index in [0.29, 0.717) is 33.2 Å². The van der Waals surface area contributed by atoms with Crippen molar-refractivity contribution in [2.45, 2.75) is 55.4 Å². The van der Waals surface area contributed by atoms with Gasteiger partial charge in [0.2, 0.25) is 0 Å². The Morgan fingerprint density at radius 2 is 0.660 bits per heavy atom. The van der Waals surface area contributed by atoms with Gasteiger partial charge in [-0.3, -0.25) is 0 Å². The molecule has 0 aromatic carbocycles. The first kappa shape index (κ1) is 64.0. The Morgan fingerprint density at radius 1 is 0.472 bits per heavy atom. The van der Waals surface area contributed by atoms with Gasteiger partial charge in [0.15, 0.2) is 11.3 Å². The number of pyridine rings is 4. The molecule has 0 fully saturated rings. The van der Waals surface area contributed by atoms with Crippen molar-refractivity contribution >= 4 is 92.7 Å². The molecule has 0 bridgehead atoms. The summed E-state index contributed by atoms with van der Waals surface area (Å²) in [5.74, 6) is -5.58. The maximum Gasteiger partial charge on any atom is 2.00 e. The van der Waals surface area contributed by atoms with E-state index in [2.05, 4.69) is 19.9 Å². The summed E-state index contributed by atoms with van der Waals surface area (Å²) in [5.41, 5.74) is 14.4. The number of carboxylic acid groups (broad SMARTS) is 6. The predicted octanol–water partition coefficient (Wildman–Crippen LogP) is -3.12. The molecular weight excluding hydrogens is 903 g/mol. The number of carboxylic acids is 6. The van der Waals surface area contributed by atoms with Crippen molar-refractivity contribution in [2.24, 2.45) is 0 Å². The second kappa shape index (κ2) is 36.4. The topological polar surface area (TPSA) is 344 Å². The average molecular weight is 938 g/mol. The molecule has 0 aliphatic carbocycles. The van der Waals surface area contributed by atoms with Crippen LogP contribution in [0.25, 0.3) is 22.1 Å². The number of hydrogen-bond donors (Lipinski definition) is 2. The summed E-state index contributed by atoms with van der Waals surface area (Å²) >= 11 is 11.6. The number of aliphatic carboxylic acids is 6. The fourth-order valence-corrected chi connectivity index (χ4v) is 2.98. The zero-order chi connectivity index (χ0) is 40.3. The molecule has 0 atom stereocenters. The molecule has 4 aromatic rings. The van der Waals surface area contributed by atoms with E-state index in [1.165, 1.54) is 0 Å². The van der Waals surface area contributed by atoms with E-state index in [-0.39, 0.29) is 58.4 Å². The normalized spacial score (nSPS) is 8.04. The molecule has 53 heavy (non-hydrogen) atoms.